The molecule has 1 aliphatic carbocycles. The Hall–Kier alpha value is -2.05. The quantitative estimate of drug-likeness (QED) is 0.801. The van der Waals surface area contributed by atoms with Crippen molar-refractivity contribution in [1.29, 1.82) is 0 Å². The van der Waals surface area contributed by atoms with Crippen molar-refractivity contribution >= 4 is 17.8 Å². The van der Waals surface area contributed by atoms with Gasteiger partial charge in [0.05, 0.1) is 0 Å². The van der Waals surface area contributed by atoms with E-state index in [0.717, 1.165) is 32.1 Å². The van der Waals surface area contributed by atoms with Gasteiger partial charge in [-0.1, -0.05) is 38.3 Å². The monoisotopic (exact) mass is 336 g/mol. The minimum atomic E-state index is -0.272. The second-order valence-electron chi connectivity index (χ2n) is 6.82. The summed E-state index contributed by atoms with van der Waals surface area (Å²) in [5, 5.41) is 9.36. The van der Waals surface area contributed by atoms with Gasteiger partial charge in [-0.15, -0.1) is 0 Å². The molecule has 24 heavy (non-hydrogen) atoms. The van der Waals surface area contributed by atoms with Gasteiger partial charge in [0.1, 0.15) is 12.8 Å². The zero-order valence-corrected chi connectivity index (χ0v) is 14.6. The van der Waals surface area contributed by atoms with Crippen molar-refractivity contribution in [2.45, 2.75) is 58.4 Å². The third-order valence-electron chi connectivity index (χ3n) is 4.24. The highest BCUT2D eigenvalue weighted by Gasteiger charge is 2.22. The van der Waals surface area contributed by atoms with E-state index in [2.05, 4.69) is 34.2 Å². The summed E-state index contributed by atoms with van der Waals surface area (Å²) in [5.74, 6) is 0.552. The van der Waals surface area contributed by atoms with Crippen LogP contribution in [-0.4, -0.2) is 41.1 Å². The summed E-state index contributed by atoms with van der Waals surface area (Å²) < 4.78 is 4.69. The number of aromatic nitrogens is 1. The minimum absolute atomic E-state index is 0.0120. The molecule has 0 saturated heterocycles. The lowest BCUT2D eigenvalue weighted by atomic mass is 9.96. The standard InChI is InChI=1S/C17H28N4O3/c1-13(2)8-10-21(12-16(22)19-15-9-11-24-20-15)17(23)18-14-6-4-3-5-7-14/h9,11,13-14H,3-8,10,12H2,1-2H3,(H,18,23)(H,19,20,22). The summed E-state index contributed by atoms with van der Waals surface area (Å²) in [6.07, 6.45) is 7.85. The molecule has 2 N–H and O–H groups in total. The Kier molecular flexibility index (Phi) is 7.08. The second kappa shape index (κ2) is 9.30. The molecule has 0 aliphatic heterocycles. The van der Waals surface area contributed by atoms with E-state index in [4.69, 9.17) is 0 Å². The van der Waals surface area contributed by atoms with Gasteiger partial charge in [-0.3, -0.25) is 4.79 Å². The van der Waals surface area contributed by atoms with Crippen LogP contribution in [0.25, 0.3) is 0 Å². The summed E-state index contributed by atoms with van der Waals surface area (Å²) in [6, 6.07) is 1.64. The van der Waals surface area contributed by atoms with Crippen molar-refractivity contribution in [3.63, 3.8) is 0 Å². The maximum absolute atomic E-state index is 12.6. The predicted molar refractivity (Wildman–Crippen MR) is 91.6 cm³/mol. The maximum atomic E-state index is 12.6. The first kappa shape index (κ1) is 18.3. The summed E-state index contributed by atoms with van der Waals surface area (Å²) in [5.41, 5.74) is 0. The van der Waals surface area contributed by atoms with Gasteiger partial charge < -0.3 is 20.1 Å². The average molecular weight is 336 g/mol. The summed E-state index contributed by atoms with van der Waals surface area (Å²) in [4.78, 5) is 26.3. The Balaban J connectivity index is 1.89. The molecule has 0 unspecified atom stereocenters. The molecular weight excluding hydrogens is 308 g/mol. The molecule has 1 aliphatic rings. The highest BCUT2D eigenvalue weighted by atomic mass is 16.5. The van der Waals surface area contributed by atoms with Crippen LogP contribution in [0.15, 0.2) is 16.9 Å². The van der Waals surface area contributed by atoms with E-state index in [0.29, 0.717) is 18.3 Å². The average Bonchev–Trinajstić information content (AvgIpc) is 3.05. The fraction of sp³-hybridized carbons (Fsp3) is 0.706. The summed E-state index contributed by atoms with van der Waals surface area (Å²) in [6.45, 7) is 4.78. The van der Waals surface area contributed by atoms with E-state index in [1.165, 1.54) is 12.7 Å². The van der Waals surface area contributed by atoms with Crippen molar-refractivity contribution in [3.8, 4) is 0 Å². The largest absolute Gasteiger partial charge is 0.363 e. The van der Waals surface area contributed by atoms with Crippen molar-refractivity contribution in [2.24, 2.45) is 5.92 Å². The fourth-order valence-electron chi connectivity index (χ4n) is 2.81. The highest BCUT2D eigenvalue weighted by Crippen LogP contribution is 2.17. The molecule has 0 radical (unpaired) electrons. The Labute approximate surface area is 143 Å². The van der Waals surface area contributed by atoms with Crippen LogP contribution < -0.4 is 10.6 Å². The van der Waals surface area contributed by atoms with Gasteiger partial charge in [-0.05, 0) is 25.2 Å². The number of hydrogen-bond donors (Lipinski definition) is 2. The molecule has 0 atom stereocenters. The lowest BCUT2D eigenvalue weighted by Crippen LogP contribution is -2.48. The molecule has 0 aromatic carbocycles. The van der Waals surface area contributed by atoms with Crippen LogP contribution in [0.3, 0.4) is 0 Å². The Morgan fingerprint density at radius 1 is 1.33 bits per heavy atom. The lowest BCUT2D eigenvalue weighted by molar-refractivity contribution is -0.116. The fourth-order valence-corrected chi connectivity index (χ4v) is 2.81. The molecule has 1 fully saturated rings. The van der Waals surface area contributed by atoms with Crippen LogP contribution in [0.2, 0.25) is 0 Å². The molecule has 0 spiro atoms. The van der Waals surface area contributed by atoms with Gasteiger partial charge >= 0.3 is 6.03 Å². The van der Waals surface area contributed by atoms with Crippen molar-refractivity contribution in [2.75, 3.05) is 18.4 Å². The topological polar surface area (TPSA) is 87.5 Å². The maximum Gasteiger partial charge on any atom is 0.318 e. The van der Waals surface area contributed by atoms with Gasteiger partial charge in [0.15, 0.2) is 5.82 Å². The zero-order valence-electron chi connectivity index (χ0n) is 14.6. The van der Waals surface area contributed by atoms with E-state index >= 15 is 0 Å². The molecule has 1 aromatic heterocycles. The molecule has 2 rings (SSSR count). The minimum Gasteiger partial charge on any atom is -0.363 e. The smallest absolute Gasteiger partial charge is 0.318 e. The number of hydrogen-bond acceptors (Lipinski definition) is 4. The normalized spacial score (nSPS) is 15.3. The number of anilines is 1. The molecule has 7 heteroatoms. The van der Waals surface area contributed by atoms with Crippen LogP contribution in [0.4, 0.5) is 10.6 Å². The number of amides is 3. The van der Waals surface area contributed by atoms with Gasteiger partial charge in [0, 0.05) is 18.7 Å². The molecule has 1 heterocycles. The van der Waals surface area contributed by atoms with Crippen LogP contribution in [0, 0.1) is 5.92 Å². The number of urea groups is 1. The highest BCUT2D eigenvalue weighted by molar-refractivity contribution is 5.93. The van der Waals surface area contributed by atoms with Crippen LogP contribution >= 0.6 is 0 Å². The Morgan fingerprint density at radius 2 is 2.08 bits per heavy atom. The number of rotatable bonds is 7. The van der Waals surface area contributed by atoms with Gasteiger partial charge in [0.25, 0.3) is 0 Å². The molecule has 134 valence electrons. The molecule has 0 bridgehead atoms. The van der Waals surface area contributed by atoms with Gasteiger partial charge in [0.2, 0.25) is 5.91 Å². The van der Waals surface area contributed by atoms with Gasteiger partial charge in [-0.25, -0.2) is 4.79 Å². The third kappa shape index (κ3) is 6.22. The van der Waals surface area contributed by atoms with E-state index in [1.54, 1.807) is 11.0 Å². The van der Waals surface area contributed by atoms with E-state index in [9.17, 15) is 9.59 Å². The van der Waals surface area contributed by atoms with Crippen LogP contribution in [0.1, 0.15) is 52.4 Å². The second-order valence-corrected chi connectivity index (χ2v) is 6.82. The van der Waals surface area contributed by atoms with E-state index < -0.39 is 0 Å². The van der Waals surface area contributed by atoms with Gasteiger partial charge in [-0.2, -0.15) is 0 Å². The van der Waals surface area contributed by atoms with Crippen molar-refractivity contribution in [3.05, 3.63) is 12.3 Å². The molecule has 1 aromatic rings. The zero-order chi connectivity index (χ0) is 17.4. The SMILES string of the molecule is CC(C)CCN(CC(=O)Nc1ccon1)C(=O)NC1CCCCC1. The number of nitrogens with one attached hydrogen (secondary N) is 2. The first-order valence-corrected chi connectivity index (χ1v) is 8.80. The van der Waals surface area contributed by atoms with Crippen LogP contribution in [0.5, 0.6) is 0 Å². The van der Waals surface area contributed by atoms with E-state index in [-0.39, 0.29) is 24.5 Å². The number of nitrogens with zero attached hydrogens (tertiary/aromatic N) is 2. The van der Waals surface area contributed by atoms with E-state index in [1.807, 2.05) is 0 Å². The first-order chi connectivity index (χ1) is 11.5. The Morgan fingerprint density at radius 3 is 2.71 bits per heavy atom. The van der Waals surface area contributed by atoms with Crippen LogP contribution in [-0.2, 0) is 4.79 Å². The lowest BCUT2D eigenvalue weighted by Gasteiger charge is -2.28. The van der Waals surface area contributed by atoms with Crippen molar-refractivity contribution in [1.82, 2.24) is 15.4 Å². The number of carbonyl (C=O) groups excluding carboxylic acids is 2. The summed E-state index contributed by atoms with van der Waals surface area (Å²) in [7, 11) is 0. The summed E-state index contributed by atoms with van der Waals surface area (Å²) >= 11 is 0. The molecule has 1 saturated carbocycles. The predicted octanol–water partition coefficient (Wildman–Crippen LogP) is 3.00. The third-order valence-corrected chi connectivity index (χ3v) is 4.24. The molecular formula is C17H28N4O3. The molecule has 7 nitrogen and oxygen atoms in total. The molecule has 3 amide bonds. The first-order valence-electron chi connectivity index (χ1n) is 8.80. The number of carbonyl (C=O) groups is 2. The van der Waals surface area contributed by atoms with Crippen molar-refractivity contribution < 1.29 is 14.1 Å². The Bertz CT molecular complexity index is 510.